The van der Waals surface area contributed by atoms with Gasteiger partial charge in [-0.15, -0.1) is 0 Å². The van der Waals surface area contributed by atoms with Gasteiger partial charge in [-0.1, -0.05) is 38.0 Å². The summed E-state index contributed by atoms with van der Waals surface area (Å²) in [6.07, 6.45) is 5.15. The molecule has 0 aliphatic heterocycles. The molecule has 0 radical (unpaired) electrons. The number of benzene rings is 1. The highest BCUT2D eigenvalue weighted by atomic mass is 16.5. The predicted octanol–water partition coefficient (Wildman–Crippen LogP) is 4.91. The first-order chi connectivity index (χ1) is 11.4. The lowest BCUT2D eigenvalue weighted by atomic mass is 9.69. The molecule has 0 heterocycles. The number of ether oxygens (including phenoxy) is 1. The molecule has 0 aromatic heterocycles. The Kier molecular flexibility index (Phi) is 3.65. The van der Waals surface area contributed by atoms with Gasteiger partial charge < -0.3 is 9.84 Å². The molecule has 4 rings (SSSR count). The topological polar surface area (TPSA) is 29.5 Å². The number of hydrogen-bond acceptors (Lipinski definition) is 2. The molecule has 24 heavy (non-hydrogen) atoms. The third-order valence-electron chi connectivity index (χ3n) is 6.54. The van der Waals surface area contributed by atoms with Crippen LogP contribution in [0, 0.1) is 11.3 Å². The Bertz CT molecular complexity index is 751. The van der Waals surface area contributed by atoms with Crippen LogP contribution in [0.4, 0.5) is 0 Å². The number of hydrogen-bond donors (Lipinski definition) is 1. The molecule has 2 nitrogen and oxygen atoms in total. The van der Waals surface area contributed by atoms with Crippen LogP contribution in [0.1, 0.15) is 57.6 Å². The number of allylic oxidation sites excluding steroid dienone is 2. The van der Waals surface area contributed by atoms with E-state index in [9.17, 15) is 5.11 Å². The van der Waals surface area contributed by atoms with Crippen molar-refractivity contribution in [3.63, 3.8) is 0 Å². The van der Waals surface area contributed by atoms with Gasteiger partial charge in [-0.2, -0.15) is 0 Å². The average molecular weight is 324 g/mol. The van der Waals surface area contributed by atoms with Crippen LogP contribution in [0.3, 0.4) is 0 Å². The first-order valence-corrected chi connectivity index (χ1v) is 9.23. The Morgan fingerprint density at radius 3 is 2.79 bits per heavy atom. The maximum atomic E-state index is 10.9. The van der Waals surface area contributed by atoms with Crippen LogP contribution >= 0.6 is 0 Å². The molecule has 0 unspecified atom stereocenters. The summed E-state index contributed by atoms with van der Waals surface area (Å²) in [5, 5.41) is 10.9. The number of methoxy groups -OCH3 is 1. The molecule has 0 saturated carbocycles. The Morgan fingerprint density at radius 2 is 2.04 bits per heavy atom. The first kappa shape index (κ1) is 16.0. The zero-order chi connectivity index (χ0) is 17.1. The minimum atomic E-state index is -0.268. The summed E-state index contributed by atoms with van der Waals surface area (Å²) in [4.78, 5) is 0. The maximum absolute atomic E-state index is 10.9. The molecule has 1 aromatic rings. The van der Waals surface area contributed by atoms with Crippen molar-refractivity contribution >= 4 is 5.57 Å². The molecule has 0 fully saturated rings. The molecule has 0 saturated heterocycles. The van der Waals surface area contributed by atoms with Crippen LogP contribution in [-0.2, 0) is 6.42 Å². The lowest BCUT2D eigenvalue weighted by molar-refractivity contribution is 0.125. The van der Waals surface area contributed by atoms with Gasteiger partial charge in [0.1, 0.15) is 5.75 Å². The first-order valence-electron chi connectivity index (χ1n) is 9.23. The SMILES string of the molecule is COc1ccc2c(c1)C1=C(C2)[C@H](C)[C@@H](O)CC2=C1CCCC2(C)C. The van der Waals surface area contributed by atoms with Gasteiger partial charge in [0.05, 0.1) is 13.2 Å². The van der Waals surface area contributed by atoms with Crippen LogP contribution in [0.2, 0.25) is 0 Å². The van der Waals surface area contributed by atoms with E-state index in [1.165, 1.54) is 46.3 Å². The predicted molar refractivity (Wildman–Crippen MR) is 98.1 cm³/mol. The van der Waals surface area contributed by atoms with E-state index in [-0.39, 0.29) is 17.4 Å². The molecular weight excluding hydrogens is 296 g/mol. The third-order valence-corrected chi connectivity index (χ3v) is 6.54. The zero-order valence-corrected chi connectivity index (χ0v) is 15.3. The van der Waals surface area contributed by atoms with Crippen LogP contribution < -0.4 is 4.74 Å². The van der Waals surface area contributed by atoms with Gasteiger partial charge in [0.25, 0.3) is 0 Å². The van der Waals surface area contributed by atoms with Crippen LogP contribution in [0.15, 0.2) is 34.9 Å². The van der Waals surface area contributed by atoms with Gasteiger partial charge in [-0.25, -0.2) is 0 Å². The van der Waals surface area contributed by atoms with E-state index in [1.54, 1.807) is 7.11 Å². The Hall–Kier alpha value is -1.54. The van der Waals surface area contributed by atoms with Crippen molar-refractivity contribution in [2.24, 2.45) is 11.3 Å². The number of fused-ring (bicyclic) bond motifs is 3. The molecule has 1 aromatic carbocycles. The molecule has 128 valence electrons. The van der Waals surface area contributed by atoms with Crippen LogP contribution in [0.25, 0.3) is 5.57 Å². The number of aliphatic hydroxyl groups is 1. The Labute approximate surface area is 145 Å². The average Bonchev–Trinajstić information content (AvgIpc) is 2.89. The lowest BCUT2D eigenvalue weighted by Gasteiger charge is -2.36. The summed E-state index contributed by atoms with van der Waals surface area (Å²) in [5.41, 5.74) is 8.82. The van der Waals surface area contributed by atoms with Gasteiger partial charge in [0.2, 0.25) is 0 Å². The summed E-state index contributed by atoms with van der Waals surface area (Å²) < 4.78 is 5.49. The monoisotopic (exact) mass is 324 g/mol. The van der Waals surface area contributed by atoms with Gasteiger partial charge in [-0.3, -0.25) is 0 Å². The molecule has 0 spiro atoms. The highest BCUT2D eigenvalue weighted by molar-refractivity contribution is 5.89. The number of aliphatic hydroxyl groups excluding tert-OH is 1. The molecule has 0 bridgehead atoms. The van der Waals surface area contributed by atoms with Crippen molar-refractivity contribution < 1.29 is 9.84 Å². The van der Waals surface area contributed by atoms with Crippen molar-refractivity contribution in [2.75, 3.05) is 7.11 Å². The minimum Gasteiger partial charge on any atom is -0.497 e. The maximum Gasteiger partial charge on any atom is 0.119 e. The van der Waals surface area contributed by atoms with E-state index in [0.717, 1.165) is 25.0 Å². The standard InChI is InChI=1S/C22H28O2/c1-13-17-10-14-7-8-15(24-4)11-18(14)21(17)16-6-5-9-22(2,3)19(16)12-20(13)23/h7-8,11,13,20,23H,5-6,9-10,12H2,1-4H3/t13-,20-/m0/s1. The van der Waals surface area contributed by atoms with E-state index < -0.39 is 0 Å². The molecular formula is C22H28O2. The smallest absolute Gasteiger partial charge is 0.119 e. The van der Waals surface area contributed by atoms with E-state index >= 15 is 0 Å². The van der Waals surface area contributed by atoms with E-state index in [0.29, 0.717) is 0 Å². The highest BCUT2D eigenvalue weighted by Gasteiger charge is 2.40. The van der Waals surface area contributed by atoms with Gasteiger partial charge >= 0.3 is 0 Å². The van der Waals surface area contributed by atoms with Crippen molar-refractivity contribution in [1.82, 2.24) is 0 Å². The van der Waals surface area contributed by atoms with E-state index in [1.807, 2.05) is 0 Å². The third kappa shape index (κ3) is 2.27. The highest BCUT2D eigenvalue weighted by Crippen LogP contribution is 2.53. The lowest BCUT2D eigenvalue weighted by Crippen LogP contribution is -2.26. The summed E-state index contributed by atoms with van der Waals surface area (Å²) in [6.45, 7) is 6.91. The summed E-state index contributed by atoms with van der Waals surface area (Å²) in [5.74, 6) is 1.15. The summed E-state index contributed by atoms with van der Waals surface area (Å²) >= 11 is 0. The normalized spacial score (nSPS) is 28.2. The second-order valence-corrected chi connectivity index (χ2v) is 8.35. The molecule has 2 atom stereocenters. The summed E-state index contributed by atoms with van der Waals surface area (Å²) in [7, 11) is 1.74. The Balaban J connectivity index is 1.96. The molecule has 0 amide bonds. The molecule has 3 aliphatic rings. The largest absolute Gasteiger partial charge is 0.497 e. The van der Waals surface area contributed by atoms with Crippen LogP contribution in [-0.4, -0.2) is 18.3 Å². The molecule has 1 N–H and O–H groups in total. The molecule has 2 heteroatoms. The van der Waals surface area contributed by atoms with Crippen molar-refractivity contribution in [3.8, 4) is 5.75 Å². The van der Waals surface area contributed by atoms with Crippen molar-refractivity contribution in [1.29, 1.82) is 0 Å². The van der Waals surface area contributed by atoms with E-state index in [2.05, 4.69) is 39.0 Å². The van der Waals surface area contributed by atoms with Gasteiger partial charge in [0, 0.05) is 5.92 Å². The Morgan fingerprint density at radius 1 is 1.25 bits per heavy atom. The quantitative estimate of drug-likeness (QED) is 0.795. The van der Waals surface area contributed by atoms with E-state index in [4.69, 9.17) is 4.74 Å². The number of rotatable bonds is 1. The zero-order valence-electron chi connectivity index (χ0n) is 15.3. The van der Waals surface area contributed by atoms with Gasteiger partial charge in [-0.05, 0) is 71.9 Å². The molecule has 3 aliphatic carbocycles. The van der Waals surface area contributed by atoms with Crippen LogP contribution in [0.5, 0.6) is 5.75 Å². The second-order valence-electron chi connectivity index (χ2n) is 8.35. The second kappa shape index (κ2) is 5.49. The van der Waals surface area contributed by atoms with Crippen molar-refractivity contribution in [3.05, 3.63) is 46.0 Å². The fourth-order valence-electron chi connectivity index (χ4n) is 4.99. The van der Waals surface area contributed by atoms with Crippen molar-refractivity contribution in [2.45, 2.75) is 59.0 Å². The fraction of sp³-hybridized carbons (Fsp3) is 0.545. The fourth-order valence-corrected chi connectivity index (χ4v) is 4.99. The minimum absolute atomic E-state index is 0.193. The van der Waals surface area contributed by atoms with Gasteiger partial charge in [0.15, 0.2) is 0 Å². The summed E-state index contributed by atoms with van der Waals surface area (Å²) in [6, 6.07) is 6.47.